The number of hydrogen-bond donors (Lipinski definition) is 1. The Morgan fingerprint density at radius 2 is 1.96 bits per heavy atom. The molecule has 0 amide bonds. The first-order valence-electron chi connectivity index (χ1n) is 10.1. The highest BCUT2D eigenvalue weighted by molar-refractivity contribution is 5.68. The van der Waals surface area contributed by atoms with Gasteiger partial charge in [0.25, 0.3) is 0 Å². The number of pyridine rings is 1. The van der Waals surface area contributed by atoms with Crippen molar-refractivity contribution in [3.63, 3.8) is 0 Å². The van der Waals surface area contributed by atoms with E-state index in [4.69, 9.17) is 5.73 Å². The van der Waals surface area contributed by atoms with Crippen molar-refractivity contribution in [1.82, 2.24) is 9.88 Å². The number of nitrogens with two attached hydrogens (primary N) is 1. The van der Waals surface area contributed by atoms with Crippen LogP contribution in [0.4, 0.5) is 19.0 Å². The molecule has 1 unspecified atom stereocenters. The Morgan fingerprint density at radius 1 is 1.18 bits per heavy atom. The van der Waals surface area contributed by atoms with Crippen LogP contribution in [0.1, 0.15) is 50.5 Å². The Labute approximate surface area is 162 Å². The quantitative estimate of drug-likeness (QED) is 0.777. The summed E-state index contributed by atoms with van der Waals surface area (Å²) in [5.41, 5.74) is 8.66. The predicted octanol–water partition coefficient (Wildman–Crippen LogP) is 5.09. The van der Waals surface area contributed by atoms with Crippen LogP contribution in [0.5, 0.6) is 5.75 Å². The average molecular weight is 391 g/mol. The molecule has 4 nitrogen and oxygen atoms in total. The molecule has 0 aromatic carbocycles. The topological polar surface area (TPSA) is 51.4 Å². The van der Waals surface area contributed by atoms with Crippen molar-refractivity contribution in [2.75, 3.05) is 5.73 Å². The van der Waals surface area contributed by atoms with Crippen LogP contribution < -0.4 is 10.5 Å². The van der Waals surface area contributed by atoms with Gasteiger partial charge < -0.3 is 15.4 Å². The van der Waals surface area contributed by atoms with Gasteiger partial charge in [-0.25, -0.2) is 4.98 Å². The molecule has 1 atom stereocenters. The summed E-state index contributed by atoms with van der Waals surface area (Å²) in [6.45, 7) is 0. The van der Waals surface area contributed by atoms with Gasteiger partial charge in [0.05, 0.1) is 0 Å². The molecule has 0 saturated heterocycles. The molecule has 4 aliphatic carbocycles. The maximum absolute atomic E-state index is 12.7. The standard InChI is InChI=1S/C21H24F3N3O/c22-21(23,24)28-19-9-16(10-26-20(19)25)14-2-1-3-17(13-4-5-13)27(11-14)18-8-12-6-15(18)7-12/h3,9-13,15,18H,1-2,4-8H2,(H2,25,26). The molecule has 2 N–H and O–H groups in total. The van der Waals surface area contributed by atoms with E-state index in [1.807, 2.05) is 0 Å². The second-order valence-electron chi connectivity index (χ2n) is 8.56. The number of hydrogen-bond acceptors (Lipinski definition) is 4. The van der Waals surface area contributed by atoms with Crippen molar-refractivity contribution in [2.45, 2.75) is 57.3 Å². The van der Waals surface area contributed by atoms with Gasteiger partial charge in [-0.3, -0.25) is 0 Å². The third-order valence-corrected chi connectivity index (χ3v) is 6.58. The van der Waals surface area contributed by atoms with Gasteiger partial charge in [-0.2, -0.15) is 0 Å². The van der Waals surface area contributed by atoms with E-state index in [1.165, 1.54) is 43.9 Å². The highest BCUT2D eigenvalue weighted by Gasteiger charge is 2.48. The zero-order chi connectivity index (χ0) is 19.5. The van der Waals surface area contributed by atoms with Gasteiger partial charge in [-0.15, -0.1) is 13.2 Å². The predicted molar refractivity (Wildman–Crippen MR) is 99.8 cm³/mol. The van der Waals surface area contributed by atoms with Crippen molar-refractivity contribution >= 4 is 11.4 Å². The lowest BCUT2D eigenvalue weighted by Gasteiger charge is -2.34. The fraction of sp³-hybridized carbons (Fsp3) is 0.571. The minimum Gasteiger partial charge on any atom is -0.402 e. The van der Waals surface area contributed by atoms with Gasteiger partial charge in [0.15, 0.2) is 11.6 Å². The summed E-state index contributed by atoms with van der Waals surface area (Å²) in [5, 5.41) is 0. The summed E-state index contributed by atoms with van der Waals surface area (Å²) in [7, 11) is 0. The van der Waals surface area contributed by atoms with Crippen LogP contribution >= 0.6 is 0 Å². The molecule has 2 bridgehead atoms. The largest absolute Gasteiger partial charge is 0.573 e. The van der Waals surface area contributed by atoms with Crippen molar-refractivity contribution in [3.05, 3.63) is 35.8 Å². The summed E-state index contributed by atoms with van der Waals surface area (Å²) in [6.07, 6.45) is 9.26. The number of fused-ring (bicyclic) bond motifs is 1. The lowest BCUT2D eigenvalue weighted by Crippen LogP contribution is -2.33. The fourth-order valence-electron chi connectivity index (χ4n) is 5.06. The van der Waals surface area contributed by atoms with Gasteiger partial charge in [-0.05, 0) is 74.3 Å². The Kier molecular flexibility index (Phi) is 4.10. The lowest BCUT2D eigenvalue weighted by molar-refractivity contribution is -0.274. The maximum atomic E-state index is 12.7. The monoisotopic (exact) mass is 391 g/mol. The summed E-state index contributed by atoms with van der Waals surface area (Å²) in [6, 6.07) is 1.90. The van der Waals surface area contributed by atoms with Crippen molar-refractivity contribution < 1.29 is 17.9 Å². The lowest BCUT2D eigenvalue weighted by atomic mass is 9.84. The van der Waals surface area contributed by atoms with Crippen LogP contribution in [-0.4, -0.2) is 22.3 Å². The SMILES string of the molecule is Nc1ncc(C2=CN(C3CC4CC3C4)C(C3CC3)=CCC2)cc1OC(F)(F)F. The zero-order valence-corrected chi connectivity index (χ0v) is 15.6. The number of ether oxygens (including phenoxy) is 1. The van der Waals surface area contributed by atoms with Gasteiger partial charge in [0, 0.05) is 29.7 Å². The fourth-order valence-corrected chi connectivity index (χ4v) is 5.06. The Hall–Kier alpha value is -2.18. The van der Waals surface area contributed by atoms with E-state index < -0.39 is 12.1 Å². The van der Waals surface area contributed by atoms with Crippen LogP contribution in [0.2, 0.25) is 0 Å². The van der Waals surface area contributed by atoms with E-state index in [1.54, 1.807) is 6.20 Å². The molecule has 0 radical (unpaired) electrons. The summed E-state index contributed by atoms with van der Waals surface area (Å²) >= 11 is 0. The van der Waals surface area contributed by atoms with Crippen molar-refractivity contribution in [2.24, 2.45) is 17.8 Å². The minimum atomic E-state index is -4.79. The molecule has 2 heterocycles. The molecule has 28 heavy (non-hydrogen) atoms. The molecule has 0 spiro atoms. The van der Waals surface area contributed by atoms with Crippen LogP contribution in [-0.2, 0) is 0 Å². The zero-order valence-electron chi connectivity index (χ0n) is 15.6. The number of aromatic nitrogens is 1. The van der Waals surface area contributed by atoms with E-state index in [0.29, 0.717) is 17.5 Å². The van der Waals surface area contributed by atoms with E-state index in [0.717, 1.165) is 30.3 Å². The first kappa shape index (κ1) is 17.9. The second-order valence-corrected chi connectivity index (χ2v) is 8.56. The number of allylic oxidation sites excluding steroid dienone is 3. The number of nitrogens with zero attached hydrogens (tertiary/aromatic N) is 2. The van der Waals surface area contributed by atoms with E-state index in [2.05, 4.69) is 26.9 Å². The molecule has 6 rings (SSSR count). The molecule has 5 aliphatic rings. The van der Waals surface area contributed by atoms with Gasteiger partial charge in [0.2, 0.25) is 0 Å². The minimum absolute atomic E-state index is 0.249. The van der Waals surface area contributed by atoms with Crippen LogP contribution in [0.15, 0.2) is 30.2 Å². The molecule has 7 heteroatoms. The summed E-state index contributed by atoms with van der Waals surface area (Å²) in [4.78, 5) is 6.41. The van der Waals surface area contributed by atoms with Gasteiger partial charge in [0.1, 0.15) is 0 Å². The number of alkyl halides is 3. The summed E-state index contributed by atoms with van der Waals surface area (Å²) in [5.74, 6) is 1.56. The number of nitrogen functional groups attached to an aromatic ring is 1. The molecule has 150 valence electrons. The van der Waals surface area contributed by atoms with Crippen molar-refractivity contribution in [3.8, 4) is 5.75 Å². The normalized spacial score (nSPS) is 29.7. The van der Waals surface area contributed by atoms with Crippen LogP contribution in [0.25, 0.3) is 5.57 Å². The smallest absolute Gasteiger partial charge is 0.402 e. The number of rotatable bonds is 4. The van der Waals surface area contributed by atoms with E-state index in [9.17, 15) is 13.2 Å². The average Bonchev–Trinajstić information content (AvgIpc) is 3.28. The number of halogens is 3. The third-order valence-electron chi connectivity index (χ3n) is 6.58. The molecular weight excluding hydrogens is 367 g/mol. The first-order chi connectivity index (χ1) is 13.4. The summed E-state index contributed by atoms with van der Waals surface area (Å²) < 4.78 is 42.1. The van der Waals surface area contributed by atoms with E-state index in [-0.39, 0.29) is 5.82 Å². The highest BCUT2D eigenvalue weighted by Crippen LogP contribution is 2.53. The molecule has 4 fully saturated rings. The molecule has 4 saturated carbocycles. The Balaban J connectivity index is 1.48. The molecule has 1 aromatic heterocycles. The molecule has 1 aliphatic heterocycles. The molecular formula is C21H24F3N3O. The Morgan fingerprint density at radius 3 is 2.61 bits per heavy atom. The number of anilines is 1. The van der Waals surface area contributed by atoms with Crippen molar-refractivity contribution in [1.29, 1.82) is 0 Å². The van der Waals surface area contributed by atoms with Crippen LogP contribution in [0, 0.1) is 17.8 Å². The van der Waals surface area contributed by atoms with Gasteiger partial charge in [-0.1, -0.05) is 6.08 Å². The van der Waals surface area contributed by atoms with Crippen LogP contribution in [0.3, 0.4) is 0 Å². The molecule has 1 aromatic rings. The highest BCUT2D eigenvalue weighted by atomic mass is 19.4. The third kappa shape index (κ3) is 3.35. The van der Waals surface area contributed by atoms with E-state index >= 15 is 0 Å². The first-order valence-corrected chi connectivity index (χ1v) is 10.1. The maximum Gasteiger partial charge on any atom is 0.573 e. The second kappa shape index (κ2) is 6.42. The Bertz CT molecular complexity index is 838. The van der Waals surface area contributed by atoms with Gasteiger partial charge >= 0.3 is 6.36 Å².